The molecule has 3 atom stereocenters. The van der Waals surface area contributed by atoms with Crippen molar-refractivity contribution >= 4 is 11.9 Å². The number of aliphatic hydroxyl groups excluding tert-OH is 2. The topological polar surface area (TPSA) is 95.9 Å². The largest absolute Gasteiger partial charge is 0.461 e. The number of hydrogen-bond acceptors (Lipinski definition) is 5. The highest BCUT2D eigenvalue weighted by Gasteiger charge is 2.23. The van der Waals surface area contributed by atoms with Gasteiger partial charge in [-0.15, -0.1) is 0 Å². The van der Waals surface area contributed by atoms with Crippen LogP contribution in [0.4, 0.5) is 0 Å². The second kappa shape index (κ2) is 50.6. The van der Waals surface area contributed by atoms with E-state index in [4.69, 9.17) is 4.74 Å². The van der Waals surface area contributed by atoms with Gasteiger partial charge in [0.15, 0.2) is 0 Å². The number of ether oxygens (including phenoxy) is 1. The third kappa shape index (κ3) is 45.9. The molecule has 0 aromatic rings. The predicted octanol–water partition coefficient (Wildman–Crippen LogP) is 16.4. The summed E-state index contributed by atoms with van der Waals surface area (Å²) < 4.78 is 5.88. The summed E-state index contributed by atoms with van der Waals surface area (Å²) in [4.78, 5) is 26.1. The Hall–Kier alpha value is -2.44. The summed E-state index contributed by atoms with van der Waals surface area (Å²) in [5.74, 6) is -0.572. The quantitative estimate of drug-likeness (QED) is 0.0321. The summed E-state index contributed by atoms with van der Waals surface area (Å²) in [6.07, 6.45) is 63.0. The van der Waals surface area contributed by atoms with Crippen molar-refractivity contribution in [2.45, 2.75) is 283 Å². The van der Waals surface area contributed by atoms with Crippen LogP contribution in [0.1, 0.15) is 265 Å². The average molecular weight is 882 g/mol. The SMILES string of the molecule is CC/C=C\C/C=C\C/C=C\C/C=C\C/C=C\CC(CC(=O)NC(CO)C(O)CCCCCCCCCCCCCCCCC)OC(=O)CCCCCCCCCCCCCCCC. The fourth-order valence-electron chi connectivity index (χ4n) is 8.04. The number of carbonyl (C=O) groups is 2. The van der Waals surface area contributed by atoms with Crippen molar-refractivity contribution in [1.29, 1.82) is 0 Å². The minimum Gasteiger partial charge on any atom is -0.461 e. The van der Waals surface area contributed by atoms with E-state index in [9.17, 15) is 19.8 Å². The van der Waals surface area contributed by atoms with Crippen molar-refractivity contribution in [2.75, 3.05) is 6.61 Å². The molecule has 0 rings (SSSR count). The van der Waals surface area contributed by atoms with E-state index in [1.165, 1.54) is 148 Å². The molecule has 0 fully saturated rings. The van der Waals surface area contributed by atoms with Crippen molar-refractivity contribution in [2.24, 2.45) is 0 Å². The monoisotopic (exact) mass is 882 g/mol. The molecule has 0 bridgehead atoms. The number of hydrogen-bond donors (Lipinski definition) is 3. The Morgan fingerprint density at radius 1 is 0.476 bits per heavy atom. The number of rotatable bonds is 48. The molecule has 1 amide bonds. The van der Waals surface area contributed by atoms with Gasteiger partial charge in [-0.25, -0.2) is 0 Å². The maximum atomic E-state index is 13.2. The first-order valence-corrected chi connectivity index (χ1v) is 27.0. The molecule has 0 aromatic heterocycles. The molecule has 3 unspecified atom stereocenters. The first-order valence-electron chi connectivity index (χ1n) is 27.0. The number of amides is 1. The molecule has 0 spiro atoms. The van der Waals surface area contributed by atoms with Crippen LogP contribution in [0.15, 0.2) is 60.8 Å². The average Bonchev–Trinajstić information content (AvgIpc) is 3.28. The van der Waals surface area contributed by atoms with Crippen molar-refractivity contribution in [3.05, 3.63) is 60.8 Å². The van der Waals surface area contributed by atoms with E-state index in [-0.39, 0.29) is 24.9 Å². The van der Waals surface area contributed by atoms with Crippen molar-refractivity contribution < 1.29 is 24.5 Å². The Morgan fingerprint density at radius 2 is 0.825 bits per heavy atom. The van der Waals surface area contributed by atoms with Crippen LogP contribution in [-0.4, -0.2) is 46.9 Å². The normalized spacial score (nSPS) is 13.7. The second-order valence-corrected chi connectivity index (χ2v) is 18.3. The number of esters is 1. The predicted molar refractivity (Wildman–Crippen MR) is 273 cm³/mol. The molecule has 0 heterocycles. The van der Waals surface area contributed by atoms with Crippen LogP contribution in [0, 0.1) is 0 Å². The van der Waals surface area contributed by atoms with Gasteiger partial charge in [0.2, 0.25) is 5.91 Å². The minimum absolute atomic E-state index is 0.000962. The summed E-state index contributed by atoms with van der Waals surface area (Å²) >= 11 is 0. The van der Waals surface area contributed by atoms with Gasteiger partial charge in [0.25, 0.3) is 0 Å². The molecule has 0 saturated carbocycles. The number of aliphatic hydroxyl groups is 2. The fraction of sp³-hybridized carbons (Fsp3) is 0.789. The van der Waals surface area contributed by atoms with Gasteiger partial charge in [0, 0.05) is 12.8 Å². The molecule has 366 valence electrons. The number of unbranched alkanes of at least 4 members (excludes halogenated alkanes) is 27. The number of allylic oxidation sites excluding steroid dienone is 9. The zero-order valence-corrected chi connectivity index (χ0v) is 41.7. The molecule has 0 aliphatic carbocycles. The summed E-state index contributed by atoms with van der Waals surface area (Å²) in [5.41, 5.74) is 0. The Balaban J connectivity index is 4.67. The third-order valence-electron chi connectivity index (χ3n) is 12.1. The van der Waals surface area contributed by atoms with Crippen LogP contribution >= 0.6 is 0 Å². The van der Waals surface area contributed by atoms with Crippen LogP contribution < -0.4 is 5.32 Å². The van der Waals surface area contributed by atoms with Crippen LogP contribution in [0.3, 0.4) is 0 Å². The lowest BCUT2D eigenvalue weighted by Gasteiger charge is -2.24. The summed E-state index contributed by atoms with van der Waals surface area (Å²) in [6.45, 7) is 6.36. The molecule has 6 heteroatoms. The van der Waals surface area contributed by atoms with Crippen molar-refractivity contribution in [3.63, 3.8) is 0 Å². The fourth-order valence-corrected chi connectivity index (χ4v) is 8.04. The van der Waals surface area contributed by atoms with E-state index >= 15 is 0 Å². The molecule has 0 radical (unpaired) electrons. The first-order chi connectivity index (χ1) is 31.0. The number of carbonyl (C=O) groups excluding carboxylic acids is 2. The first kappa shape index (κ1) is 60.6. The molecule has 0 aromatic carbocycles. The molecule has 3 N–H and O–H groups in total. The molecule has 0 aliphatic rings. The van der Waals surface area contributed by atoms with Crippen LogP contribution in [0.2, 0.25) is 0 Å². The van der Waals surface area contributed by atoms with Gasteiger partial charge in [-0.1, -0.05) is 261 Å². The van der Waals surface area contributed by atoms with E-state index in [0.29, 0.717) is 19.3 Å². The maximum Gasteiger partial charge on any atom is 0.306 e. The lowest BCUT2D eigenvalue weighted by atomic mass is 10.0. The van der Waals surface area contributed by atoms with Gasteiger partial charge in [0.1, 0.15) is 6.10 Å². The smallest absolute Gasteiger partial charge is 0.306 e. The maximum absolute atomic E-state index is 13.2. The van der Waals surface area contributed by atoms with Crippen LogP contribution in [-0.2, 0) is 14.3 Å². The standard InChI is InChI=1S/C57H103NO5/c1-4-7-10-13-16-19-22-25-28-30-33-36-39-42-45-48-53(63-57(62)50-47-44-41-38-35-32-27-24-21-18-15-12-9-6-3)51-56(61)58-54(52-59)55(60)49-46-43-40-37-34-31-29-26-23-20-17-14-11-8-5-2/h7,10,16,19,25,28,33,36,42,45,53-55,59-60H,4-6,8-9,11-15,17-18,20-24,26-27,29-32,34-35,37-41,43-44,46-52H2,1-3H3,(H,58,61)/b10-7-,19-16-,28-25-,36-33-,45-42-. The molecule has 0 saturated heterocycles. The minimum atomic E-state index is -0.812. The molecule has 63 heavy (non-hydrogen) atoms. The molecule has 0 aliphatic heterocycles. The van der Waals surface area contributed by atoms with E-state index in [1.807, 2.05) is 6.08 Å². The van der Waals surface area contributed by atoms with Crippen molar-refractivity contribution in [3.8, 4) is 0 Å². The highest BCUT2D eigenvalue weighted by molar-refractivity contribution is 5.77. The Bertz CT molecular complexity index is 1130. The van der Waals surface area contributed by atoms with Crippen LogP contribution in [0.5, 0.6) is 0 Å². The van der Waals surface area contributed by atoms with Gasteiger partial charge in [0.05, 0.1) is 25.2 Å². The zero-order chi connectivity index (χ0) is 45.9. The highest BCUT2D eigenvalue weighted by Crippen LogP contribution is 2.17. The Kier molecular flexibility index (Phi) is 48.6. The second-order valence-electron chi connectivity index (χ2n) is 18.3. The van der Waals surface area contributed by atoms with Crippen LogP contribution in [0.25, 0.3) is 0 Å². The lowest BCUT2D eigenvalue weighted by Crippen LogP contribution is -2.46. The van der Waals surface area contributed by atoms with Gasteiger partial charge >= 0.3 is 5.97 Å². The van der Waals surface area contributed by atoms with Gasteiger partial charge in [-0.2, -0.15) is 0 Å². The van der Waals surface area contributed by atoms with Gasteiger partial charge in [-0.05, 0) is 44.9 Å². The number of nitrogens with one attached hydrogen (secondary N) is 1. The van der Waals surface area contributed by atoms with Gasteiger partial charge in [-0.3, -0.25) is 9.59 Å². The van der Waals surface area contributed by atoms with E-state index in [2.05, 4.69) is 80.8 Å². The van der Waals surface area contributed by atoms with Gasteiger partial charge < -0.3 is 20.3 Å². The Labute approximate surface area is 390 Å². The molecular formula is C57H103NO5. The van der Waals surface area contributed by atoms with E-state index in [0.717, 1.165) is 70.6 Å². The molecular weight excluding hydrogens is 779 g/mol. The summed E-state index contributed by atoms with van der Waals surface area (Å²) in [5, 5.41) is 23.8. The zero-order valence-electron chi connectivity index (χ0n) is 41.7. The van der Waals surface area contributed by atoms with E-state index in [1.54, 1.807) is 0 Å². The lowest BCUT2D eigenvalue weighted by molar-refractivity contribution is -0.150. The molecule has 6 nitrogen and oxygen atoms in total. The summed E-state index contributed by atoms with van der Waals surface area (Å²) in [7, 11) is 0. The Morgan fingerprint density at radius 3 is 1.21 bits per heavy atom. The van der Waals surface area contributed by atoms with Crippen molar-refractivity contribution in [1.82, 2.24) is 5.32 Å². The highest BCUT2D eigenvalue weighted by atomic mass is 16.5. The van der Waals surface area contributed by atoms with E-state index < -0.39 is 18.2 Å². The third-order valence-corrected chi connectivity index (χ3v) is 12.1. The summed E-state index contributed by atoms with van der Waals surface area (Å²) in [6, 6.07) is -0.732.